The van der Waals surface area contributed by atoms with Gasteiger partial charge in [-0.3, -0.25) is 14.0 Å². The van der Waals surface area contributed by atoms with Crippen LogP contribution in [0.1, 0.15) is 17.3 Å². The molecule has 0 aliphatic heterocycles. The molecule has 0 bridgehead atoms. The summed E-state index contributed by atoms with van der Waals surface area (Å²) in [7, 11) is 0. The van der Waals surface area contributed by atoms with Crippen LogP contribution in [-0.2, 0) is 4.79 Å². The second-order valence-corrected chi connectivity index (χ2v) is 8.11. The number of ketones is 1. The summed E-state index contributed by atoms with van der Waals surface area (Å²) in [5.74, 6) is -0.00554. The third-order valence-corrected chi connectivity index (χ3v) is 5.91. The van der Waals surface area contributed by atoms with Crippen molar-refractivity contribution < 1.29 is 9.59 Å². The maximum atomic E-state index is 12.4. The van der Waals surface area contributed by atoms with E-state index in [-0.39, 0.29) is 17.4 Å². The van der Waals surface area contributed by atoms with Crippen molar-refractivity contribution in [2.24, 2.45) is 0 Å². The topological polar surface area (TPSA) is 93.7 Å². The van der Waals surface area contributed by atoms with Crippen molar-refractivity contribution in [1.29, 1.82) is 0 Å². The molecule has 0 aliphatic carbocycles. The van der Waals surface area contributed by atoms with Crippen LogP contribution in [0.5, 0.6) is 0 Å². The molecule has 5 aromatic rings. The number of Topliss-reactive ketones (excluding diaryl/α,β-unsaturated/α-hetero) is 1. The van der Waals surface area contributed by atoms with Gasteiger partial charge in [-0.15, -0.1) is 10.2 Å². The van der Waals surface area contributed by atoms with Crippen LogP contribution in [0.2, 0.25) is 0 Å². The first kappa shape index (κ1) is 20.0. The zero-order valence-electron chi connectivity index (χ0n) is 17.1. The Hall–Kier alpha value is -3.98. The van der Waals surface area contributed by atoms with Crippen LogP contribution in [0.3, 0.4) is 0 Å². The molecule has 9 heteroatoms. The quantitative estimate of drug-likeness (QED) is 0.316. The maximum absolute atomic E-state index is 12.4. The zero-order chi connectivity index (χ0) is 22.1. The molecule has 3 heterocycles. The van der Waals surface area contributed by atoms with E-state index >= 15 is 0 Å². The Morgan fingerprint density at radius 2 is 1.78 bits per heavy atom. The van der Waals surface area contributed by atoms with Gasteiger partial charge in [0.15, 0.2) is 16.6 Å². The third kappa shape index (κ3) is 3.85. The number of amides is 1. The van der Waals surface area contributed by atoms with Gasteiger partial charge in [-0.25, -0.2) is 4.52 Å². The largest absolute Gasteiger partial charge is 0.325 e. The van der Waals surface area contributed by atoms with Crippen molar-refractivity contribution in [2.75, 3.05) is 11.1 Å². The van der Waals surface area contributed by atoms with Crippen LogP contribution in [0.25, 0.3) is 22.4 Å². The number of nitrogens with one attached hydrogen (secondary N) is 1. The van der Waals surface area contributed by atoms with Gasteiger partial charge in [0.1, 0.15) is 5.52 Å². The molecular weight excluding hydrogens is 424 g/mol. The number of rotatable bonds is 6. The molecule has 8 nitrogen and oxygen atoms in total. The number of carbonyl (C=O) groups excluding carboxylic acids is 2. The summed E-state index contributed by atoms with van der Waals surface area (Å²) in [6, 6.07) is 18.7. The molecule has 0 atom stereocenters. The lowest BCUT2D eigenvalue weighted by Gasteiger charge is -2.05. The highest BCUT2D eigenvalue weighted by atomic mass is 32.2. The van der Waals surface area contributed by atoms with Crippen LogP contribution in [0.15, 0.2) is 78.2 Å². The van der Waals surface area contributed by atoms with E-state index in [2.05, 4.69) is 20.6 Å². The lowest BCUT2D eigenvalue weighted by Crippen LogP contribution is -2.14. The average molecular weight is 443 g/mol. The second kappa shape index (κ2) is 8.27. The molecule has 158 valence electrons. The van der Waals surface area contributed by atoms with E-state index in [1.807, 2.05) is 53.2 Å². The van der Waals surface area contributed by atoms with E-state index in [9.17, 15) is 9.59 Å². The average Bonchev–Trinajstić information content (AvgIpc) is 3.42. The van der Waals surface area contributed by atoms with E-state index in [4.69, 9.17) is 0 Å². The number of hydrogen-bond donors (Lipinski definition) is 1. The van der Waals surface area contributed by atoms with Crippen LogP contribution in [-0.4, -0.2) is 41.7 Å². The lowest BCUT2D eigenvalue weighted by atomic mass is 10.1. The fourth-order valence-electron chi connectivity index (χ4n) is 3.35. The predicted octanol–water partition coefficient (Wildman–Crippen LogP) is 3.98. The Morgan fingerprint density at radius 3 is 2.53 bits per heavy atom. The first-order valence-corrected chi connectivity index (χ1v) is 10.9. The monoisotopic (exact) mass is 442 g/mol. The number of anilines is 1. The summed E-state index contributed by atoms with van der Waals surface area (Å²) in [6.45, 7) is 1.51. The van der Waals surface area contributed by atoms with E-state index in [0.717, 1.165) is 16.8 Å². The van der Waals surface area contributed by atoms with Gasteiger partial charge in [-0.05, 0) is 37.3 Å². The molecule has 1 N–H and O–H groups in total. The zero-order valence-corrected chi connectivity index (χ0v) is 17.9. The summed E-state index contributed by atoms with van der Waals surface area (Å²) < 4.78 is 3.63. The highest BCUT2D eigenvalue weighted by Gasteiger charge is 2.14. The van der Waals surface area contributed by atoms with E-state index < -0.39 is 0 Å². The van der Waals surface area contributed by atoms with Crippen molar-refractivity contribution in [2.45, 2.75) is 12.1 Å². The van der Waals surface area contributed by atoms with Gasteiger partial charge >= 0.3 is 0 Å². The number of fused-ring (bicyclic) bond motifs is 3. The maximum Gasteiger partial charge on any atom is 0.234 e. The summed E-state index contributed by atoms with van der Waals surface area (Å²) in [6.07, 6.45) is 3.68. The molecule has 1 amide bonds. The van der Waals surface area contributed by atoms with Gasteiger partial charge in [0.2, 0.25) is 5.91 Å². The molecule has 3 aromatic heterocycles. The van der Waals surface area contributed by atoms with Gasteiger partial charge in [-0.2, -0.15) is 5.10 Å². The van der Waals surface area contributed by atoms with Crippen molar-refractivity contribution >= 4 is 40.3 Å². The Bertz CT molecular complexity index is 1440. The molecule has 5 rings (SSSR count). The first-order chi connectivity index (χ1) is 15.6. The summed E-state index contributed by atoms with van der Waals surface area (Å²) >= 11 is 1.30. The van der Waals surface area contributed by atoms with Gasteiger partial charge in [0.25, 0.3) is 0 Å². The van der Waals surface area contributed by atoms with E-state index in [0.29, 0.717) is 22.1 Å². The number of aromatic nitrogens is 5. The van der Waals surface area contributed by atoms with Gasteiger partial charge in [-0.1, -0.05) is 42.1 Å². The molecule has 0 unspecified atom stereocenters. The number of thioether (sulfide) groups is 1. The highest BCUT2D eigenvalue weighted by molar-refractivity contribution is 7.99. The number of hydrogen-bond acceptors (Lipinski definition) is 6. The molecule has 0 spiro atoms. The second-order valence-electron chi connectivity index (χ2n) is 7.17. The van der Waals surface area contributed by atoms with Gasteiger partial charge in [0, 0.05) is 29.2 Å². The Morgan fingerprint density at radius 1 is 1.00 bits per heavy atom. The Kier molecular flexibility index (Phi) is 5.16. The Balaban J connectivity index is 1.32. The molecule has 0 fully saturated rings. The molecular formula is C23H18N6O2S. The van der Waals surface area contributed by atoms with Crippen LogP contribution in [0, 0.1) is 0 Å². The van der Waals surface area contributed by atoms with E-state index in [1.54, 1.807) is 28.8 Å². The molecule has 0 radical (unpaired) electrons. The standard InChI is InChI=1S/C23H18N6O2S/c1-15(30)16-7-9-18(10-8-16)24-21(31)14-32-23-26-25-22-20-13-19(17-5-3-2-4-6-17)27-29(20)12-11-28(22)23/h2-13H,14H2,1H3,(H,24,31). The molecule has 0 aliphatic rings. The fourth-order valence-corrected chi connectivity index (χ4v) is 4.07. The molecule has 0 saturated carbocycles. The van der Waals surface area contributed by atoms with Crippen molar-refractivity contribution in [3.63, 3.8) is 0 Å². The lowest BCUT2D eigenvalue weighted by molar-refractivity contribution is -0.113. The molecule has 32 heavy (non-hydrogen) atoms. The highest BCUT2D eigenvalue weighted by Crippen LogP contribution is 2.24. The van der Waals surface area contributed by atoms with Crippen molar-refractivity contribution in [3.05, 3.63) is 78.6 Å². The molecule has 2 aromatic carbocycles. The fraction of sp³-hybridized carbons (Fsp3) is 0.0870. The minimum Gasteiger partial charge on any atom is -0.325 e. The SMILES string of the molecule is CC(=O)c1ccc(NC(=O)CSc2nnc3c4cc(-c5ccccc5)nn4ccn23)cc1. The smallest absolute Gasteiger partial charge is 0.234 e. The van der Waals surface area contributed by atoms with Gasteiger partial charge in [0.05, 0.1) is 11.4 Å². The van der Waals surface area contributed by atoms with E-state index in [1.165, 1.54) is 18.7 Å². The summed E-state index contributed by atoms with van der Waals surface area (Å²) in [5, 5.41) is 16.6. The first-order valence-electron chi connectivity index (χ1n) is 9.91. The van der Waals surface area contributed by atoms with Crippen molar-refractivity contribution in [1.82, 2.24) is 24.2 Å². The van der Waals surface area contributed by atoms with Gasteiger partial charge < -0.3 is 5.32 Å². The number of carbonyl (C=O) groups is 2. The van der Waals surface area contributed by atoms with Crippen LogP contribution < -0.4 is 5.32 Å². The predicted molar refractivity (Wildman–Crippen MR) is 123 cm³/mol. The van der Waals surface area contributed by atoms with Crippen LogP contribution >= 0.6 is 11.8 Å². The minimum atomic E-state index is -0.167. The van der Waals surface area contributed by atoms with Crippen molar-refractivity contribution in [3.8, 4) is 11.3 Å². The minimum absolute atomic E-state index is 0.0136. The summed E-state index contributed by atoms with van der Waals surface area (Å²) in [4.78, 5) is 23.7. The number of benzene rings is 2. The normalized spacial score (nSPS) is 11.2. The number of nitrogens with zero attached hydrogens (tertiary/aromatic N) is 5. The van der Waals surface area contributed by atoms with Crippen LogP contribution in [0.4, 0.5) is 5.69 Å². The third-order valence-electron chi connectivity index (χ3n) is 4.96. The Labute approximate surface area is 187 Å². The molecule has 0 saturated heterocycles. The summed E-state index contributed by atoms with van der Waals surface area (Å²) in [5.41, 5.74) is 4.63.